The molecular formula is C32H35N3O5S. The maximum atomic E-state index is 14.5. The van der Waals surface area contributed by atoms with Gasteiger partial charge in [-0.25, -0.2) is 13.3 Å². The highest BCUT2D eigenvalue weighted by Gasteiger charge is 2.47. The number of nitrogens with one attached hydrogen (secondary N) is 1. The van der Waals surface area contributed by atoms with Gasteiger partial charge in [0.15, 0.2) is 0 Å². The van der Waals surface area contributed by atoms with Crippen LogP contribution in [0.1, 0.15) is 41.2 Å². The SMILES string of the molecule is CCOc1ccc(N2C(=O)CC(N(CCc3c[nH]c4ccccc34)S(=O)(=O)c3c(C)c(C)cc(C)c3C)C2=O)cc1. The van der Waals surface area contributed by atoms with E-state index in [0.29, 0.717) is 35.6 Å². The van der Waals surface area contributed by atoms with Crippen LogP contribution in [0.15, 0.2) is 65.7 Å². The van der Waals surface area contributed by atoms with Crippen molar-refractivity contribution in [1.29, 1.82) is 0 Å². The first-order valence-electron chi connectivity index (χ1n) is 13.8. The number of carbonyl (C=O) groups excluding carboxylic acids is 2. The van der Waals surface area contributed by atoms with Crippen molar-refractivity contribution in [3.8, 4) is 5.75 Å². The van der Waals surface area contributed by atoms with Crippen LogP contribution in [0.25, 0.3) is 10.9 Å². The molecule has 4 aromatic rings. The first kappa shape index (κ1) is 28.6. The Balaban J connectivity index is 1.56. The molecule has 1 N–H and O–H groups in total. The number of ether oxygens (including phenoxy) is 1. The second kappa shape index (κ2) is 11.1. The zero-order chi connectivity index (χ0) is 29.5. The average Bonchev–Trinajstić information content (AvgIpc) is 3.48. The smallest absolute Gasteiger partial charge is 0.252 e. The lowest BCUT2D eigenvalue weighted by molar-refractivity contribution is -0.122. The van der Waals surface area contributed by atoms with Crippen LogP contribution >= 0.6 is 0 Å². The van der Waals surface area contributed by atoms with Crippen LogP contribution in [0, 0.1) is 27.7 Å². The first-order chi connectivity index (χ1) is 19.5. The van der Waals surface area contributed by atoms with Crippen LogP contribution in [-0.4, -0.2) is 48.7 Å². The highest BCUT2D eigenvalue weighted by molar-refractivity contribution is 7.89. The highest BCUT2D eigenvalue weighted by Crippen LogP contribution is 2.34. The van der Waals surface area contributed by atoms with Gasteiger partial charge in [-0.05, 0) is 99.2 Å². The molecule has 9 heteroatoms. The molecule has 41 heavy (non-hydrogen) atoms. The van der Waals surface area contributed by atoms with Crippen molar-refractivity contribution < 1.29 is 22.7 Å². The van der Waals surface area contributed by atoms with Crippen LogP contribution < -0.4 is 9.64 Å². The zero-order valence-corrected chi connectivity index (χ0v) is 24.8. The number of amides is 2. The number of rotatable bonds is 9. The van der Waals surface area contributed by atoms with E-state index in [9.17, 15) is 18.0 Å². The Morgan fingerprint density at radius 1 is 0.976 bits per heavy atom. The molecule has 2 amide bonds. The van der Waals surface area contributed by atoms with Gasteiger partial charge >= 0.3 is 0 Å². The summed E-state index contributed by atoms with van der Waals surface area (Å²) >= 11 is 0. The van der Waals surface area contributed by atoms with Gasteiger partial charge in [0.05, 0.1) is 23.6 Å². The monoisotopic (exact) mass is 573 g/mol. The molecule has 1 aromatic heterocycles. The Labute approximate surface area is 241 Å². The fourth-order valence-corrected chi connectivity index (χ4v) is 7.83. The first-order valence-corrected chi connectivity index (χ1v) is 15.2. The molecule has 1 fully saturated rings. The number of anilines is 1. The van der Waals surface area contributed by atoms with Crippen LogP contribution in [0.5, 0.6) is 5.75 Å². The number of aromatic amines is 1. The van der Waals surface area contributed by atoms with Gasteiger partial charge in [-0.2, -0.15) is 4.31 Å². The van der Waals surface area contributed by atoms with E-state index in [2.05, 4.69) is 4.98 Å². The third kappa shape index (κ3) is 5.15. The molecule has 1 unspecified atom stereocenters. The van der Waals surface area contributed by atoms with Crippen LogP contribution in [0.4, 0.5) is 5.69 Å². The number of hydrogen-bond donors (Lipinski definition) is 1. The standard InChI is InChI=1S/C32H35N3O5S/c1-6-40-26-13-11-25(12-14-26)35-30(36)18-29(32(35)37)34(16-15-24-19-33-28-10-8-7-9-27(24)28)41(38,39)31-22(4)20(2)17-21(3)23(31)5/h7-14,17,19,29,33H,6,15-16,18H2,1-5H3. The van der Waals surface area contributed by atoms with E-state index in [-0.39, 0.29) is 17.9 Å². The number of para-hydroxylation sites is 1. The number of sulfonamides is 1. The van der Waals surface area contributed by atoms with Gasteiger partial charge in [-0.1, -0.05) is 24.3 Å². The minimum atomic E-state index is -4.17. The van der Waals surface area contributed by atoms with E-state index in [0.717, 1.165) is 32.5 Å². The second-order valence-corrected chi connectivity index (χ2v) is 12.4. The molecule has 1 aliphatic rings. The number of carbonyl (C=O) groups is 2. The summed E-state index contributed by atoms with van der Waals surface area (Å²) in [6.45, 7) is 9.75. The maximum Gasteiger partial charge on any atom is 0.252 e. The number of benzene rings is 3. The molecule has 8 nitrogen and oxygen atoms in total. The lowest BCUT2D eigenvalue weighted by atomic mass is 10.0. The summed E-state index contributed by atoms with van der Waals surface area (Å²) in [5, 5.41) is 0.994. The summed E-state index contributed by atoms with van der Waals surface area (Å²) in [6, 6.07) is 15.3. The number of fused-ring (bicyclic) bond motifs is 1. The third-order valence-corrected chi connectivity index (χ3v) is 10.2. The van der Waals surface area contributed by atoms with Gasteiger partial charge in [-0.15, -0.1) is 0 Å². The summed E-state index contributed by atoms with van der Waals surface area (Å²) in [5.41, 5.74) is 5.28. The summed E-state index contributed by atoms with van der Waals surface area (Å²) in [7, 11) is -4.17. The molecule has 1 atom stereocenters. The number of aromatic nitrogens is 1. The predicted molar refractivity (Wildman–Crippen MR) is 160 cm³/mol. The van der Waals surface area contributed by atoms with Crippen molar-refractivity contribution in [2.24, 2.45) is 0 Å². The van der Waals surface area contributed by atoms with Gasteiger partial charge in [0.1, 0.15) is 11.8 Å². The van der Waals surface area contributed by atoms with E-state index >= 15 is 0 Å². The van der Waals surface area contributed by atoms with Crippen molar-refractivity contribution >= 4 is 38.4 Å². The number of nitrogens with zero attached hydrogens (tertiary/aromatic N) is 2. The summed E-state index contributed by atoms with van der Waals surface area (Å²) in [4.78, 5) is 31.7. The number of aryl methyl sites for hydroxylation is 2. The molecule has 5 rings (SSSR count). The summed E-state index contributed by atoms with van der Waals surface area (Å²) < 4.78 is 35.8. The Morgan fingerprint density at radius 3 is 2.29 bits per heavy atom. The van der Waals surface area contributed by atoms with Crippen molar-refractivity contribution in [3.05, 3.63) is 88.6 Å². The van der Waals surface area contributed by atoms with Crippen molar-refractivity contribution in [1.82, 2.24) is 9.29 Å². The Morgan fingerprint density at radius 2 is 1.63 bits per heavy atom. The van der Waals surface area contributed by atoms with Crippen molar-refractivity contribution in [2.75, 3.05) is 18.1 Å². The minimum Gasteiger partial charge on any atom is -0.494 e. The maximum absolute atomic E-state index is 14.5. The molecule has 214 valence electrons. The number of H-pyrrole nitrogens is 1. The molecule has 2 heterocycles. The molecule has 0 aliphatic carbocycles. The van der Waals surface area contributed by atoms with Crippen molar-refractivity contribution in [3.63, 3.8) is 0 Å². The lowest BCUT2D eigenvalue weighted by Gasteiger charge is -2.29. The van der Waals surface area contributed by atoms with E-state index in [1.54, 1.807) is 38.1 Å². The highest BCUT2D eigenvalue weighted by atomic mass is 32.2. The minimum absolute atomic E-state index is 0.0385. The summed E-state index contributed by atoms with van der Waals surface area (Å²) in [5.74, 6) is -0.373. The molecule has 0 saturated carbocycles. The fourth-order valence-electron chi connectivity index (χ4n) is 5.67. The molecule has 1 saturated heterocycles. The zero-order valence-electron chi connectivity index (χ0n) is 24.0. The van der Waals surface area contributed by atoms with E-state index < -0.39 is 27.9 Å². The van der Waals surface area contributed by atoms with Gasteiger partial charge < -0.3 is 9.72 Å². The predicted octanol–water partition coefficient (Wildman–Crippen LogP) is 5.37. The average molecular weight is 574 g/mol. The molecular weight excluding hydrogens is 538 g/mol. The van der Waals surface area contributed by atoms with E-state index in [4.69, 9.17) is 4.74 Å². The molecule has 1 aliphatic heterocycles. The van der Waals surface area contributed by atoms with Gasteiger partial charge in [0.2, 0.25) is 15.9 Å². The number of hydrogen-bond acceptors (Lipinski definition) is 5. The van der Waals surface area contributed by atoms with Crippen LogP contribution in [-0.2, 0) is 26.0 Å². The van der Waals surface area contributed by atoms with E-state index in [1.165, 1.54) is 4.31 Å². The van der Waals surface area contributed by atoms with E-state index in [1.807, 2.05) is 57.3 Å². The fraction of sp³-hybridized carbons (Fsp3) is 0.312. The molecule has 0 radical (unpaired) electrons. The van der Waals surface area contributed by atoms with Gasteiger partial charge in [0.25, 0.3) is 5.91 Å². The Hall–Kier alpha value is -3.95. The third-order valence-electron chi connectivity index (χ3n) is 8.02. The second-order valence-electron chi connectivity index (χ2n) is 10.5. The quantitative estimate of drug-likeness (QED) is 0.272. The van der Waals surface area contributed by atoms with Crippen molar-refractivity contribution in [2.45, 2.75) is 58.4 Å². The lowest BCUT2D eigenvalue weighted by Crippen LogP contribution is -2.46. The number of imide groups is 1. The largest absolute Gasteiger partial charge is 0.494 e. The van der Waals surface area contributed by atoms with Crippen LogP contribution in [0.3, 0.4) is 0 Å². The Kier molecular flexibility index (Phi) is 7.76. The van der Waals surface area contributed by atoms with Gasteiger partial charge in [-0.3, -0.25) is 9.59 Å². The Bertz CT molecular complexity index is 1710. The molecule has 3 aromatic carbocycles. The van der Waals surface area contributed by atoms with Gasteiger partial charge in [0, 0.05) is 23.6 Å². The molecule has 0 bridgehead atoms. The van der Waals surface area contributed by atoms with Crippen LogP contribution in [0.2, 0.25) is 0 Å². The molecule has 0 spiro atoms. The topological polar surface area (TPSA) is 99.8 Å². The summed E-state index contributed by atoms with van der Waals surface area (Å²) in [6.07, 6.45) is 2.01. The normalized spacial score (nSPS) is 15.9.